The first-order chi connectivity index (χ1) is 9.54. The van der Waals surface area contributed by atoms with Crippen molar-refractivity contribution in [2.24, 2.45) is 0 Å². The average molecular weight is 463 g/mol. The van der Waals surface area contributed by atoms with Gasteiger partial charge in [0.25, 0.3) is 0 Å². The zero-order valence-electron chi connectivity index (χ0n) is 10.4. The van der Waals surface area contributed by atoms with Crippen LogP contribution in [-0.2, 0) is 4.79 Å². The minimum atomic E-state index is -0.0271. The summed E-state index contributed by atoms with van der Waals surface area (Å²) < 4.78 is 2.00. The number of anilines is 2. The van der Waals surface area contributed by atoms with Gasteiger partial charge in [-0.2, -0.15) is 0 Å². The van der Waals surface area contributed by atoms with Crippen LogP contribution in [0.15, 0.2) is 51.8 Å². The molecule has 0 bridgehead atoms. The van der Waals surface area contributed by atoms with Gasteiger partial charge in [0.05, 0.1) is 5.75 Å². The Morgan fingerprint density at radius 1 is 1.30 bits per heavy atom. The summed E-state index contributed by atoms with van der Waals surface area (Å²) in [7, 11) is 0. The maximum Gasteiger partial charge on any atom is 0.234 e. The van der Waals surface area contributed by atoms with Crippen LogP contribution in [0.3, 0.4) is 0 Å². The highest BCUT2D eigenvalue weighted by Crippen LogP contribution is 2.29. The maximum absolute atomic E-state index is 11.9. The largest absolute Gasteiger partial charge is 0.399 e. The lowest BCUT2D eigenvalue weighted by atomic mass is 10.3. The van der Waals surface area contributed by atoms with Gasteiger partial charge in [0.2, 0.25) is 5.91 Å². The van der Waals surface area contributed by atoms with Crippen LogP contribution in [0.5, 0.6) is 0 Å². The Labute approximate surface area is 144 Å². The van der Waals surface area contributed by atoms with Crippen molar-refractivity contribution in [2.75, 3.05) is 16.8 Å². The van der Waals surface area contributed by atoms with E-state index in [1.807, 2.05) is 42.5 Å². The van der Waals surface area contributed by atoms with Gasteiger partial charge in [-0.15, -0.1) is 11.8 Å². The van der Waals surface area contributed by atoms with E-state index >= 15 is 0 Å². The molecule has 2 rings (SSSR count). The Hall–Kier alpha value is -0.730. The van der Waals surface area contributed by atoms with Gasteiger partial charge in [-0.05, 0) is 74.9 Å². The summed E-state index contributed by atoms with van der Waals surface area (Å²) in [5.74, 6) is 0.328. The van der Waals surface area contributed by atoms with Crippen LogP contribution in [0, 0.1) is 3.57 Å². The van der Waals surface area contributed by atoms with Gasteiger partial charge in [0.1, 0.15) is 0 Å². The third-order valence-electron chi connectivity index (χ3n) is 2.42. The molecule has 0 saturated carbocycles. The van der Waals surface area contributed by atoms with Crippen molar-refractivity contribution in [3.63, 3.8) is 0 Å². The van der Waals surface area contributed by atoms with Gasteiger partial charge >= 0.3 is 0 Å². The number of carbonyl (C=O) groups excluding carboxylic acids is 1. The third kappa shape index (κ3) is 4.68. The highest BCUT2D eigenvalue weighted by Gasteiger charge is 2.06. The van der Waals surface area contributed by atoms with Crippen LogP contribution in [-0.4, -0.2) is 11.7 Å². The van der Waals surface area contributed by atoms with E-state index in [4.69, 9.17) is 5.73 Å². The number of nitrogens with two attached hydrogens (primary N) is 1. The molecular formula is C14H12BrIN2OS. The maximum atomic E-state index is 11.9. The summed E-state index contributed by atoms with van der Waals surface area (Å²) in [4.78, 5) is 12.9. The average Bonchev–Trinajstić information content (AvgIpc) is 2.37. The molecule has 0 radical (unpaired) electrons. The van der Waals surface area contributed by atoms with E-state index in [9.17, 15) is 4.79 Å². The first-order valence-corrected chi connectivity index (χ1v) is 8.63. The second kappa shape index (κ2) is 7.33. The van der Waals surface area contributed by atoms with Gasteiger partial charge in [-0.25, -0.2) is 0 Å². The highest BCUT2D eigenvalue weighted by molar-refractivity contribution is 14.1. The number of thioether (sulfide) groups is 1. The topological polar surface area (TPSA) is 55.1 Å². The number of rotatable bonds is 4. The summed E-state index contributed by atoms with van der Waals surface area (Å²) in [6.07, 6.45) is 0. The van der Waals surface area contributed by atoms with Gasteiger partial charge in [-0.1, -0.05) is 6.07 Å². The van der Waals surface area contributed by atoms with E-state index in [1.54, 1.807) is 0 Å². The van der Waals surface area contributed by atoms with Crippen LogP contribution in [0.1, 0.15) is 0 Å². The molecule has 2 aromatic rings. The summed E-state index contributed by atoms with van der Waals surface area (Å²) in [6.45, 7) is 0. The minimum absolute atomic E-state index is 0.0271. The normalized spacial score (nSPS) is 10.3. The molecular weight excluding hydrogens is 451 g/mol. The quantitative estimate of drug-likeness (QED) is 0.403. The molecule has 2 aromatic carbocycles. The van der Waals surface area contributed by atoms with Crippen LogP contribution in [0.4, 0.5) is 11.4 Å². The summed E-state index contributed by atoms with van der Waals surface area (Å²) in [5.41, 5.74) is 7.20. The Bertz CT molecular complexity index is 636. The molecule has 0 aliphatic heterocycles. The van der Waals surface area contributed by atoms with Crippen molar-refractivity contribution < 1.29 is 4.79 Å². The first-order valence-electron chi connectivity index (χ1n) is 5.78. The zero-order chi connectivity index (χ0) is 14.5. The van der Waals surface area contributed by atoms with E-state index in [0.29, 0.717) is 11.4 Å². The monoisotopic (exact) mass is 462 g/mol. The smallest absolute Gasteiger partial charge is 0.234 e. The number of hydrogen-bond acceptors (Lipinski definition) is 3. The molecule has 0 fully saturated rings. The number of nitrogens with one attached hydrogen (secondary N) is 1. The number of hydrogen-bond donors (Lipinski definition) is 2. The summed E-state index contributed by atoms with van der Waals surface area (Å²) in [6, 6.07) is 13.3. The molecule has 1 amide bonds. The Balaban J connectivity index is 1.92. The number of halogens is 2. The third-order valence-corrected chi connectivity index (χ3v) is 5.09. The van der Waals surface area contributed by atoms with Crippen molar-refractivity contribution in [1.29, 1.82) is 0 Å². The Morgan fingerprint density at radius 3 is 2.80 bits per heavy atom. The standard InChI is InChI=1S/C14H12BrIN2OS/c15-12-7-10(17)4-5-13(12)20-8-14(19)18-11-3-1-2-9(16)6-11/h1-7H,8,17H2,(H,18,19). The van der Waals surface area contributed by atoms with E-state index in [1.165, 1.54) is 11.8 Å². The lowest BCUT2D eigenvalue weighted by Crippen LogP contribution is -2.14. The fraction of sp³-hybridized carbons (Fsp3) is 0.0714. The van der Waals surface area contributed by atoms with E-state index in [-0.39, 0.29) is 5.91 Å². The van der Waals surface area contributed by atoms with Gasteiger partial charge < -0.3 is 11.1 Å². The fourth-order valence-corrected chi connectivity index (χ4v) is 3.54. The lowest BCUT2D eigenvalue weighted by molar-refractivity contribution is -0.113. The van der Waals surface area contributed by atoms with Gasteiger partial charge in [-0.3, -0.25) is 4.79 Å². The first kappa shape index (κ1) is 15.7. The molecule has 3 nitrogen and oxygen atoms in total. The van der Waals surface area contributed by atoms with Gasteiger partial charge in [0, 0.05) is 24.3 Å². The second-order valence-electron chi connectivity index (χ2n) is 4.04. The molecule has 0 aliphatic carbocycles. The number of carbonyl (C=O) groups is 1. The minimum Gasteiger partial charge on any atom is -0.399 e. The number of amides is 1. The zero-order valence-corrected chi connectivity index (χ0v) is 15.0. The van der Waals surface area contributed by atoms with Crippen LogP contribution in [0.2, 0.25) is 0 Å². The van der Waals surface area contributed by atoms with Gasteiger partial charge in [0.15, 0.2) is 0 Å². The predicted octanol–water partition coefficient (Wildman–Crippen LogP) is 4.37. The van der Waals surface area contributed by atoms with E-state index in [2.05, 4.69) is 43.8 Å². The molecule has 20 heavy (non-hydrogen) atoms. The molecule has 0 unspecified atom stereocenters. The summed E-state index contributed by atoms with van der Waals surface area (Å²) in [5, 5.41) is 2.88. The molecule has 0 spiro atoms. The highest BCUT2D eigenvalue weighted by atomic mass is 127. The van der Waals surface area contributed by atoms with Crippen LogP contribution >= 0.6 is 50.3 Å². The van der Waals surface area contributed by atoms with Crippen molar-refractivity contribution in [3.05, 3.63) is 50.5 Å². The van der Waals surface area contributed by atoms with Crippen molar-refractivity contribution >= 4 is 67.6 Å². The molecule has 0 heterocycles. The lowest BCUT2D eigenvalue weighted by Gasteiger charge is -2.07. The Kier molecular flexibility index (Phi) is 5.74. The molecule has 0 atom stereocenters. The molecule has 0 aromatic heterocycles. The molecule has 104 valence electrons. The van der Waals surface area contributed by atoms with E-state index in [0.717, 1.165) is 18.6 Å². The Morgan fingerprint density at radius 2 is 2.10 bits per heavy atom. The SMILES string of the molecule is Nc1ccc(SCC(=O)Nc2cccc(I)c2)c(Br)c1. The van der Waals surface area contributed by atoms with Crippen molar-refractivity contribution in [1.82, 2.24) is 0 Å². The molecule has 0 saturated heterocycles. The van der Waals surface area contributed by atoms with Crippen LogP contribution < -0.4 is 11.1 Å². The fourth-order valence-electron chi connectivity index (χ4n) is 1.54. The summed E-state index contributed by atoms with van der Waals surface area (Å²) >= 11 is 7.13. The molecule has 3 N–H and O–H groups in total. The number of nitrogen functional groups attached to an aromatic ring is 1. The molecule has 6 heteroatoms. The number of benzene rings is 2. The van der Waals surface area contributed by atoms with Crippen LogP contribution in [0.25, 0.3) is 0 Å². The van der Waals surface area contributed by atoms with E-state index < -0.39 is 0 Å². The van der Waals surface area contributed by atoms with Crippen molar-refractivity contribution in [3.8, 4) is 0 Å². The second-order valence-corrected chi connectivity index (χ2v) is 7.15. The predicted molar refractivity (Wildman–Crippen MR) is 97.1 cm³/mol. The molecule has 0 aliphatic rings. The van der Waals surface area contributed by atoms with Crippen molar-refractivity contribution in [2.45, 2.75) is 4.90 Å².